The highest BCUT2D eigenvalue weighted by molar-refractivity contribution is 5.86. The van der Waals surface area contributed by atoms with Gasteiger partial charge in [0.2, 0.25) is 17.8 Å². The van der Waals surface area contributed by atoms with Crippen LogP contribution in [0, 0.1) is 12.7 Å². The number of aromatic nitrogens is 3. The van der Waals surface area contributed by atoms with Crippen molar-refractivity contribution in [3.63, 3.8) is 0 Å². The van der Waals surface area contributed by atoms with Gasteiger partial charge in [0, 0.05) is 6.92 Å². The van der Waals surface area contributed by atoms with Crippen LogP contribution in [0.15, 0.2) is 24.3 Å². The minimum atomic E-state index is -0.282. The van der Waals surface area contributed by atoms with E-state index in [2.05, 4.69) is 25.6 Å². The zero-order valence-electron chi connectivity index (χ0n) is 12.0. The van der Waals surface area contributed by atoms with Crippen molar-refractivity contribution in [3.05, 3.63) is 41.5 Å². The second-order valence-electron chi connectivity index (χ2n) is 4.63. The summed E-state index contributed by atoms with van der Waals surface area (Å²) in [7, 11) is 0. The van der Waals surface area contributed by atoms with Crippen molar-refractivity contribution in [2.24, 2.45) is 0 Å². The number of nitrogens with one attached hydrogen (secondary N) is 2. The second-order valence-corrected chi connectivity index (χ2v) is 4.63. The molecule has 2 N–H and O–H groups in total. The Morgan fingerprint density at radius 3 is 2.38 bits per heavy atom. The summed E-state index contributed by atoms with van der Waals surface area (Å²) in [6, 6.07) is 6.06. The van der Waals surface area contributed by atoms with Crippen LogP contribution in [-0.4, -0.2) is 20.9 Å². The number of rotatable bonds is 4. The van der Waals surface area contributed by atoms with E-state index < -0.39 is 0 Å². The fraction of sp³-hybridized carbons (Fsp3) is 0.286. The van der Waals surface area contributed by atoms with Crippen LogP contribution >= 0.6 is 0 Å². The van der Waals surface area contributed by atoms with Crippen molar-refractivity contribution >= 4 is 17.8 Å². The van der Waals surface area contributed by atoms with Crippen LogP contribution in [0.1, 0.15) is 31.3 Å². The van der Waals surface area contributed by atoms with Gasteiger partial charge in [-0.05, 0) is 31.5 Å². The molecule has 0 aliphatic rings. The van der Waals surface area contributed by atoms with E-state index in [-0.39, 0.29) is 23.7 Å². The molecule has 0 aliphatic heterocycles. The van der Waals surface area contributed by atoms with Crippen molar-refractivity contribution in [3.8, 4) is 0 Å². The van der Waals surface area contributed by atoms with E-state index in [1.54, 1.807) is 19.1 Å². The quantitative estimate of drug-likeness (QED) is 0.903. The largest absolute Gasteiger partial charge is 0.348 e. The molecule has 1 aromatic carbocycles. The zero-order valence-corrected chi connectivity index (χ0v) is 12.0. The van der Waals surface area contributed by atoms with Gasteiger partial charge in [-0.3, -0.25) is 10.1 Å². The molecule has 0 radical (unpaired) electrons. The molecule has 21 heavy (non-hydrogen) atoms. The van der Waals surface area contributed by atoms with Gasteiger partial charge in [-0.25, -0.2) is 4.39 Å². The van der Waals surface area contributed by atoms with Crippen molar-refractivity contribution in [1.29, 1.82) is 0 Å². The lowest BCUT2D eigenvalue weighted by molar-refractivity contribution is -0.114. The number of nitrogens with zero attached hydrogens (tertiary/aromatic N) is 3. The topological polar surface area (TPSA) is 79.8 Å². The van der Waals surface area contributed by atoms with Crippen LogP contribution in [0.25, 0.3) is 0 Å². The summed E-state index contributed by atoms with van der Waals surface area (Å²) in [5.41, 5.74) is 0.899. The molecule has 1 unspecified atom stereocenters. The standard InChI is InChI=1S/C14H16FN5O/c1-8(11-4-6-12(15)7-5-11)16-13-17-9(2)18-14(20-13)19-10(3)21/h4-8H,1-3H3,(H2,16,17,18,19,20,21). The number of hydrogen-bond acceptors (Lipinski definition) is 5. The molecule has 1 atom stereocenters. The first-order chi connectivity index (χ1) is 9.94. The van der Waals surface area contributed by atoms with Gasteiger partial charge in [-0.15, -0.1) is 0 Å². The Kier molecular flexibility index (Phi) is 4.42. The summed E-state index contributed by atoms with van der Waals surface area (Å²) in [5, 5.41) is 5.61. The number of hydrogen-bond donors (Lipinski definition) is 2. The second kappa shape index (κ2) is 6.25. The van der Waals surface area contributed by atoms with Gasteiger partial charge in [0.25, 0.3) is 0 Å². The zero-order chi connectivity index (χ0) is 15.4. The maximum Gasteiger partial charge on any atom is 0.234 e. The molecule has 0 aliphatic carbocycles. The molecule has 0 saturated heterocycles. The molecule has 7 heteroatoms. The Bertz CT molecular complexity index is 644. The third-order valence-electron chi connectivity index (χ3n) is 2.75. The Morgan fingerprint density at radius 1 is 1.14 bits per heavy atom. The molecule has 1 heterocycles. The van der Waals surface area contributed by atoms with Crippen LogP contribution < -0.4 is 10.6 Å². The lowest BCUT2D eigenvalue weighted by Crippen LogP contribution is -2.15. The summed E-state index contributed by atoms with van der Waals surface area (Å²) in [6.07, 6.45) is 0. The molecule has 110 valence electrons. The maximum absolute atomic E-state index is 12.9. The van der Waals surface area contributed by atoms with Gasteiger partial charge in [0.15, 0.2) is 0 Å². The third-order valence-corrected chi connectivity index (χ3v) is 2.75. The average molecular weight is 289 g/mol. The van der Waals surface area contributed by atoms with Crippen molar-refractivity contribution < 1.29 is 9.18 Å². The SMILES string of the molecule is CC(=O)Nc1nc(C)nc(NC(C)c2ccc(F)cc2)n1. The van der Waals surface area contributed by atoms with E-state index in [0.717, 1.165) is 5.56 Å². The highest BCUT2D eigenvalue weighted by Crippen LogP contribution is 2.17. The maximum atomic E-state index is 12.9. The van der Waals surface area contributed by atoms with E-state index in [1.807, 2.05) is 6.92 Å². The summed E-state index contributed by atoms with van der Waals surface area (Å²) >= 11 is 0. The first-order valence-corrected chi connectivity index (χ1v) is 6.46. The smallest absolute Gasteiger partial charge is 0.234 e. The number of anilines is 2. The molecule has 0 bridgehead atoms. The van der Waals surface area contributed by atoms with Crippen LogP contribution in [0.4, 0.5) is 16.3 Å². The van der Waals surface area contributed by atoms with Gasteiger partial charge in [-0.1, -0.05) is 12.1 Å². The lowest BCUT2D eigenvalue weighted by Gasteiger charge is -2.15. The monoisotopic (exact) mass is 289 g/mol. The number of carbonyl (C=O) groups excluding carboxylic acids is 1. The molecule has 1 amide bonds. The highest BCUT2D eigenvalue weighted by atomic mass is 19.1. The number of benzene rings is 1. The van der Waals surface area contributed by atoms with Gasteiger partial charge in [-0.2, -0.15) is 15.0 Å². The van der Waals surface area contributed by atoms with E-state index >= 15 is 0 Å². The molecule has 0 spiro atoms. The number of aryl methyl sites for hydroxylation is 1. The first kappa shape index (κ1) is 14.8. The van der Waals surface area contributed by atoms with Crippen LogP contribution in [0.3, 0.4) is 0 Å². The molecule has 1 aromatic heterocycles. The van der Waals surface area contributed by atoms with E-state index in [1.165, 1.54) is 19.1 Å². The Morgan fingerprint density at radius 2 is 1.76 bits per heavy atom. The number of halogens is 1. The molecule has 2 rings (SSSR count). The van der Waals surface area contributed by atoms with Crippen molar-refractivity contribution in [2.45, 2.75) is 26.8 Å². The average Bonchev–Trinajstić information content (AvgIpc) is 2.37. The summed E-state index contributed by atoms with van der Waals surface area (Å²) in [4.78, 5) is 23.3. The van der Waals surface area contributed by atoms with Crippen LogP contribution in [0.2, 0.25) is 0 Å². The summed E-state index contributed by atoms with van der Waals surface area (Å²) < 4.78 is 12.9. The van der Waals surface area contributed by atoms with Gasteiger partial charge in [0.05, 0.1) is 6.04 Å². The third kappa shape index (κ3) is 4.20. The van der Waals surface area contributed by atoms with Gasteiger partial charge >= 0.3 is 0 Å². The fourth-order valence-corrected chi connectivity index (χ4v) is 1.79. The summed E-state index contributed by atoms with van der Waals surface area (Å²) in [5.74, 6) is 0.502. The van der Waals surface area contributed by atoms with Gasteiger partial charge < -0.3 is 5.32 Å². The van der Waals surface area contributed by atoms with E-state index in [0.29, 0.717) is 11.8 Å². The predicted octanol–water partition coefficient (Wildman–Crippen LogP) is 2.45. The summed E-state index contributed by atoms with van der Waals surface area (Å²) in [6.45, 7) is 5.00. The Hall–Kier alpha value is -2.57. The fourth-order valence-electron chi connectivity index (χ4n) is 1.79. The van der Waals surface area contributed by atoms with Crippen LogP contribution in [-0.2, 0) is 4.79 Å². The molecule has 0 saturated carbocycles. The van der Waals surface area contributed by atoms with E-state index in [4.69, 9.17) is 0 Å². The minimum absolute atomic E-state index is 0.113. The van der Waals surface area contributed by atoms with Gasteiger partial charge in [0.1, 0.15) is 11.6 Å². The molecular weight excluding hydrogens is 273 g/mol. The lowest BCUT2D eigenvalue weighted by atomic mass is 10.1. The Labute approximate surface area is 121 Å². The minimum Gasteiger partial charge on any atom is -0.348 e. The van der Waals surface area contributed by atoms with Crippen LogP contribution in [0.5, 0.6) is 0 Å². The van der Waals surface area contributed by atoms with Crippen molar-refractivity contribution in [1.82, 2.24) is 15.0 Å². The normalized spacial score (nSPS) is 11.8. The number of carbonyl (C=O) groups is 1. The predicted molar refractivity (Wildman–Crippen MR) is 77.3 cm³/mol. The molecular formula is C14H16FN5O. The molecule has 0 fully saturated rings. The molecule has 6 nitrogen and oxygen atoms in total. The highest BCUT2D eigenvalue weighted by Gasteiger charge is 2.10. The molecule has 2 aromatic rings. The number of amides is 1. The first-order valence-electron chi connectivity index (χ1n) is 6.46. The van der Waals surface area contributed by atoms with E-state index in [9.17, 15) is 9.18 Å². The Balaban J connectivity index is 2.16. The van der Waals surface area contributed by atoms with Crippen molar-refractivity contribution in [2.75, 3.05) is 10.6 Å².